The number of fused-ring (bicyclic) bond motifs is 1. The SMILES string of the molecule is O=[N+]([O-])c1ccc(OCc2cn3cccnc3n2)cc1Cl. The topological polar surface area (TPSA) is 82.6 Å². The number of ether oxygens (including phenoxy) is 1. The molecule has 7 nitrogen and oxygen atoms in total. The Kier molecular flexibility index (Phi) is 3.41. The van der Waals surface area contributed by atoms with Crippen LogP contribution in [-0.2, 0) is 6.61 Å². The Morgan fingerprint density at radius 3 is 3.00 bits per heavy atom. The second-order valence-corrected chi connectivity index (χ2v) is 4.63. The van der Waals surface area contributed by atoms with Crippen LogP contribution >= 0.6 is 11.6 Å². The van der Waals surface area contributed by atoms with Crippen molar-refractivity contribution in [3.8, 4) is 5.75 Å². The summed E-state index contributed by atoms with van der Waals surface area (Å²) in [5.41, 5.74) is 0.545. The van der Waals surface area contributed by atoms with Gasteiger partial charge in [-0.3, -0.25) is 14.5 Å². The number of aromatic nitrogens is 3. The number of hydrogen-bond donors (Lipinski definition) is 0. The fraction of sp³-hybridized carbons (Fsp3) is 0.0769. The maximum absolute atomic E-state index is 10.7. The van der Waals surface area contributed by atoms with E-state index in [-0.39, 0.29) is 17.3 Å². The highest BCUT2D eigenvalue weighted by Gasteiger charge is 2.12. The standard InChI is InChI=1S/C13H9ClN4O3/c14-11-6-10(2-3-12(11)18(19)20)21-8-9-7-17-5-1-4-15-13(17)16-9/h1-7H,8H2. The molecule has 0 N–H and O–H groups in total. The second kappa shape index (κ2) is 5.37. The van der Waals surface area contributed by atoms with Gasteiger partial charge in [0.1, 0.15) is 17.4 Å². The predicted octanol–water partition coefficient (Wildman–Crippen LogP) is 2.87. The van der Waals surface area contributed by atoms with Gasteiger partial charge in [0, 0.05) is 30.7 Å². The molecule has 0 spiro atoms. The first kappa shape index (κ1) is 13.3. The number of rotatable bonds is 4. The second-order valence-electron chi connectivity index (χ2n) is 4.22. The summed E-state index contributed by atoms with van der Waals surface area (Å²) >= 11 is 5.82. The number of imidazole rings is 1. The molecule has 0 saturated carbocycles. The Morgan fingerprint density at radius 2 is 2.29 bits per heavy atom. The highest BCUT2D eigenvalue weighted by atomic mass is 35.5. The minimum Gasteiger partial charge on any atom is -0.487 e. The average molecular weight is 305 g/mol. The van der Waals surface area contributed by atoms with Gasteiger partial charge in [-0.05, 0) is 12.1 Å². The van der Waals surface area contributed by atoms with Gasteiger partial charge in [-0.25, -0.2) is 9.97 Å². The van der Waals surface area contributed by atoms with E-state index >= 15 is 0 Å². The summed E-state index contributed by atoms with van der Waals surface area (Å²) in [5, 5.41) is 10.7. The van der Waals surface area contributed by atoms with Gasteiger partial charge < -0.3 is 4.74 Å². The monoisotopic (exact) mass is 304 g/mol. The molecule has 0 atom stereocenters. The van der Waals surface area contributed by atoms with Gasteiger partial charge in [0.15, 0.2) is 0 Å². The van der Waals surface area contributed by atoms with Crippen LogP contribution in [0.1, 0.15) is 5.69 Å². The molecule has 0 radical (unpaired) electrons. The molecule has 0 saturated heterocycles. The average Bonchev–Trinajstić information content (AvgIpc) is 2.87. The van der Waals surface area contributed by atoms with Crippen molar-refractivity contribution in [2.24, 2.45) is 0 Å². The molecule has 0 amide bonds. The van der Waals surface area contributed by atoms with Crippen molar-refractivity contribution in [3.05, 3.63) is 63.7 Å². The number of nitrogens with zero attached hydrogens (tertiary/aromatic N) is 4. The first-order chi connectivity index (χ1) is 10.1. The largest absolute Gasteiger partial charge is 0.487 e. The van der Waals surface area contributed by atoms with Crippen molar-refractivity contribution in [1.29, 1.82) is 0 Å². The van der Waals surface area contributed by atoms with E-state index in [4.69, 9.17) is 16.3 Å². The Bertz CT molecular complexity index is 785. The lowest BCUT2D eigenvalue weighted by molar-refractivity contribution is -0.384. The van der Waals surface area contributed by atoms with E-state index in [2.05, 4.69) is 9.97 Å². The number of halogens is 1. The Hall–Kier alpha value is -2.67. The van der Waals surface area contributed by atoms with Crippen LogP contribution in [0.4, 0.5) is 5.69 Å². The summed E-state index contributed by atoms with van der Waals surface area (Å²) in [5.74, 6) is 1.02. The molecule has 2 heterocycles. The van der Waals surface area contributed by atoms with Crippen molar-refractivity contribution in [3.63, 3.8) is 0 Å². The van der Waals surface area contributed by atoms with Crippen LogP contribution in [0.5, 0.6) is 5.75 Å². The van der Waals surface area contributed by atoms with Crippen molar-refractivity contribution < 1.29 is 9.66 Å². The first-order valence-electron chi connectivity index (χ1n) is 5.99. The summed E-state index contributed by atoms with van der Waals surface area (Å²) < 4.78 is 7.31. The summed E-state index contributed by atoms with van der Waals surface area (Å²) in [6.07, 6.45) is 5.29. The molecule has 8 heteroatoms. The Morgan fingerprint density at radius 1 is 1.43 bits per heavy atom. The number of benzene rings is 1. The van der Waals surface area contributed by atoms with E-state index in [0.717, 1.165) is 0 Å². The molecule has 106 valence electrons. The Labute approximate surface area is 123 Å². The van der Waals surface area contributed by atoms with Gasteiger partial charge in [-0.1, -0.05) is 11.6 Å². The zero-order chi connectivity index (χ0) is 14.8. The third-order valence-corrected chi connectivity index (χ3v) is 3.09. The van der Waals surface area contributed by atoms with Gasteiger partial charge in [-0.15, -0.1) is 0 Å². The third-order valence-electron chi connectivity index (χ3n) is 2.79. The Balaban J connectivity index is 1.75. The lowest BCUT2D eigenvalue weighted by Gasteiger charge is -2.04. The molecule has 3 rings (SSSR count). The van der Waals surface area contributed by atoms with E-state index in [0.29, 0.717) is 17.2 Å². The van der Waals surface area contributed by atoms with Crippen LogP contribution in [-0.4, -0.2) is 19.3 Å². The molecule has 21 heavy (non-hydrogen) atoms. The van der Waals surface area contributed by atoms with Crippen LogP contribution in [0.2, 0.25) is 5.02 Å². The zero-order valence-corrected chi connectivity index (χ0v) is 11.4. The molecular formula is C13H9ClN4O3. The molecule has 0 aliphatic rings. The minimum absolute atomic E-state index is 0.0363. The summed E-state index contributed by atoms with van der Waals surface area (Å²) in [7, 11) is 0. The fourth-order valence-electron chi connectivity index (χ4n) is 1.83. The summed E-state index contributed by atoms with van der Waals surface area (Å²) in [6.45, 7) is 0.220. The van der Waals surface area contributed by atoms with Crippen molar-refractivity contribution in [1.82, 2.24) is 14.4 Å². The molecule has 1 aromatic carbocycles. The molecule has 0 fully saturated rings. The minimum atomic E-state index is -0.542. The van der Waals surface area contributed by atoms with Gasteiger partial charge >= 0.3 is 0 Å². The van der Waals surface area contributed by atoms with Gasteiger partial charge in [-0.2, -0.15) is 0 Å². The van der Waals surface area contributed by atoms with E-state index in [1.807, 2.05) is 6.20 Å². The smallest absolute Gasteiger partial charge is 0.288 e. The molecule has 2 aromatic heterocycles. The van der Waals surface area contributed by atoms with Crippen molar-refractivity contribution >= 4 is 23.1 Å². The highest BCUT2D eigenvalue weighted by Crippen LogP contribution is 2.28. The molecule has 0 aliphatic carbocycles. The molecule has 3 aromatic rings. The third kappa shape index (κ3) is 2.77. The van der Waals surface area contributed by atoms with Gasteiger partial charge in [0.25, 0.3) is 5.69 Å². The number of hydrogen-bond acceptors (Lipinski definition) is 5. The van der Waals surface area contributed by atoms with Crippen molar-refractivity contribution in [2.75, 3.05) is 0 Å². The molecular weight excluding hydrogens is 296 g/mol. The zero-order valence-electron chi connectivity index (χ0n) is 10.6. The molecule has 0 bridgehead atoms. The van der Waals surface area contributed by atoms with Crippen LogP contribution in [0.3, 0.4) is 0 Å². The highest BCUT2D eigenvalue weighted by molar-refractivity contribution is 6.32. The predicted molar refractivity (Wildman–Crippen MR) is 75.4 cm³/mol. The molecule has 0 aliphatic heterocycles. The maximum Gasteiger partial charge on any atom is 0.288 e. The summed E-state index contributed by atoms with van der Waals surface area (Å²) in [6, 6.07) is 6.02. The van der Waals surface area contributed by atoms with Gasteiger partial charge in [0.05, 0.1) is 10.6 Å². The summed E-state index contributed by atoms with van der Waals surface area (Å²) in [4.78, 5) is 18.5. The maximum atomic E-state index is 10.7. The van der Waals surface area contributed by atoms with Crippen LogP contribution in [0.15, 0.2) is 42.9 Å². The van der Waals surface area contributed by atoms with Crippen molar-refractivity contribution in [2.45, 2.75) is 6.61 Å². The van der Waals surface area contributed by atoms with Crippen LogP contribution in [0.25, 0.3) is 5.78 Å². The van der Waals surface area contributed by atoms with E-state index < -0.39 is 4.92 Å². The van der Waals surface area contributed by atoms with E-state index in [1.54, 1.807) is 22.9 Å². The van der Waals surface area contributed by atoms with Gasteiger partial charge in [0.2, 0.25) is 5.78 Å². The fourth-order valence-corrected chi connectivity index (χ4v) is 2.07. The quantitative estimate of drug-likeness (QED) is 0.546. The van der Waals surface area contributed by atoms with Crippen LogP contribution < -0.4 is 4.74 Å². The number of nitro groups is 1. The lowest BCUT2D eigenvalue weighted by atomic mass is 10.3. The first-order valence-corrected chi connectivity index (χ1v) is 6.36. The van der Waals surface area contributed by atoms with E-state index in [1.165, 1.54) is 18.2 Å². The normalized spacial score (nSPS) is 10.7. The van der Waals surface area contributed by atoms with E-state index in [9.17, 15) is 10.1 Å². The lowest BCUT2D eigenvalue weighted by Crippen LogP contribution is -1.96. The van der Waals surface area contributed by atoms with Crippen LogP contribution in [0, 0.1) is 10.1 Å². The molecule has 0 unspecified atom stereocenters. The number of nitro benzene ring substituents is 1.